The number of phenols is 2. The number of hydrogen-bond acceptors (Lipinski definition) is 4. The van der Waals surface area contributed by atoms with Crippen LogP contribution < -0.4 is 0 Å². The van der Waals surface area contributed by atoms with Crippen LogP contribution in [0.5, 0.6) is 11.5 Å². The number of rotatable bonds is 6. The lowest BCUT2D eigenvalue weighted by atomic mass is 10.1. The maximum absolute atomic E-state index is 11.7. The van der Waals surface area contributed by atoms with Crippen molar-refractivity contribution in [1.29, 1.82) is 0 Å². The summed E-state index contributed by atoms with van der Waals surface area (Å²) in [5.74, 6) is 0.142. The van der Waals surface area contributed by atoms with Crippen molar-refractivity contribution in [1.82, 2.24) is 4.90 Å². The van der Waals surface area contributed by atoms with Crippen molar-refractivity contribution in [3.63, 3.8) is 0 Å². The summed E-state index contributed by atoms with van der Waals surface area (Å²) >= 11 is 0. The molecular formula is C13H19NO3. The third-order valence-corrected chi connectivity index (χ3v) is 2.50. The number of nitrogens with zero attached hydrogens (tertiary/aromatic N) is 1. The van der Waals surface area contributed by atoms with Gasteiger partial charge < -0.3 is 10.2 Å². The molecule has 0 spiro atoms. The number of likely N-dealkylation sites (N-methyl/N-ethyl adjacent to an activating group) is 1. The lowest BCUT2D eigenvalue weighted by Gasteiger charge is -2.14. The summed E-state index contributed by atoms with van der Waals surface area (Å²) in [5, 5.41) is 18.8. The number of hydrogen-bond donors (Lipinski definition) is 2. The van der Waals surface area contributed by atoms with Gasteiger partial charge in [-0.25, -0.2) is 0 Å². The first-order valence-electron chi connectivity index (χ1n) is 5.74. The topological polar surface area (TPSA) is 60.8 Å². The average Bonchev–Trinajstić information content (AvgIpc) is 2.23. The molecule has 0 aliphatic rings. The van der Waals surface area contributed by atoms with E-state index < -0.39 is 0 Å². The van der Waals surface area contributed by atoms with Gasteiger partial charge in [0, 0.05) is 12.0 Å². The molecule has 4 nitrogen and oxygen atoms in total. The van der Waals surface area contributed by atoms with Crippen LogP contribution in [0, 0.1) is 0 Å². The molecule has 0 heterocycles. The first kappa shape index (κ1) is 13.5. The van der Waals surface area contributed by atoms with Gasteiger partial charge in [-0.15, -0.1) is 0 Å². The Hall–Kier alpha value is -1.55. The van der Waals surface area contributed by atoms with E-state index >= 15 is 0 Å². The van der Waals surface area contributed by atoms with Gasteiger partial charge in [-0.3, -0.25) is 9.69 Å². The zero-order valence-corrected chi connectivity index (χ0v) is 10.3. The molecule has 0 saturated heterocycles. The highest BCUT2D eigenvalue weighted by Gasteiger charge is 2.10. The molecule has 0 amide bonds. The van der Waals surface area contributed by atoms with Gasteiger partial charge in [-0.1, -0.05) is 6.92 Å². The fourth-order valence-corrected chi connectivity index (χ4v) is 1.74. The fourth-order valence-electron chi connectivity index (χ4n) is 1.74. The van der Waals surface area contributed by atoms with Crippen LogP contribution in [-0.4, -0.2) is 41.0 Å². The van der Waals surface area contributed by atoms with Gasteiger partial charge in [-0.2, -0.15) is 0 Å². The summed E-state index contributed by atoms with van der Waals surface area (Å²) in [5.41, 5.74) is 0.472. The number of carbonyl (C=O) groups excluding carboxylic acids is 1. The molecule has 0 atom stereocenters. The van der Waals surface area contributed by atoms with Crippen molar-refractivity contribution in [3.8, 4) is 11.5 Å². The summed E-state index contributed by atoms with van der Waals surface area (Å²) in [6.07, 6.45) is 1.15. The van der Waals surface area contributed by atoms with Crippen molar-refractivity contribution in [2.45, 2.75) is 19.8 Å². The van der Waals surface area contributed by atoms with E-state index in [0.29, 0.717) is 12.1 Å². The molecular weight excluding hydrogens is 218 g/mol. The first-order valence-corrected chi connectivity index (χ1v) is 5.74. The second-order valence-corrected chi connectivity index (χ2v) is 4.27. The van der Waals surface area contributed by atoms with Crippen LogP contribution >= 0.6 is 0 Å². The first-order chi connectivity index (χ1) is 8.02. The molecule has 0 unspecified atom stereocenters. The number of Topliss-reactive ketones (excluding diaryl/α,β-unsaturated/α-hetero) is 1. The minimum Gasteiger partial charge on any atom is -0.508 e. The molecule has 0 aliphatic heterocycles. The second-order valence-electron chi connectivity index (χ2n) is 4.27. The molecule has 4 heteroatoms. The molecule has 0 bridgehead atoms. The minimum atomic E-state index is 0.0295. The molecule has 0 saturated carbocycles. The summed E-state index contributed by atoms with van der Waals surface area (Å²) in [4.78, 5) is 13.7. The van der Waals surface area contributed by atoms with E-state index in [1.165, 1.54) is 18.2 Å². The van der Waals surface area contributed by atoms with Crippen molar-refractivity contribution < 1.29 is 15.0 Å². The Kier molecular flexibility index (Phi) is 4.97. The van der Waals surface area contributed by atoms with E-state index in [1.807, 2.05) is 11.9 Å². The largest absolute Gasteiger partial charge is 0.508 e. The summed E-state index contributed by atoms with van der Waals surface area (Å²) in [6, 6.07) is 4.22. The van der Waals surface area contributed by atoms with Gasteiger partial charge in [-0.05, 0) is 38.2 Å². The van der Waals surface area contributed by atoms with E-state index in [1.54, 1.807) is 0 Å². The Morgan fingerprint density at radius 1 is 1.35 bits per heavy atom. The number of ketones is 1. The molecule has 1 rings (SSSR count). The Morgan fingerprint density at radius 3 is 2.71 bits per heavy atom. The van der Waals surface area contributed by atoms with Crippen LogP contribution in [0.25, 0.3) is 0 Å². The minimum absolute atomic E-state index is 0.0295. The smallest absolute Gasteiger partial charge is 0.151 e. The van der Waals surface area contributed by atoms with Crippen LogP contribution in [0.1, 0.15) is 18.9 Å². The van der Waals surface area contributed by atoms with E-state index in [4.69, 9.17) is 0 Å². The normalized spacial score (nSPS) is 10.8. The molecule has 0 aromatic heterocycles. The van der Waals surface area contributed by atoms with Crippen molar-refractivity contribution >= 4 is 5.78 Å². The summed E-state index contributed by atoms with van der Waals surface area (Å²) in [7, 11) is 1.89. The van der Waals surface area contributed by atoms with Crippen LogP contribution in [0.2, 0.25) is 0 Å². The van der Waals surface area contributed by atoms with Crippen molar-refractivity contribution in [2.75, 3.05) is 20.1 Å². The van der Waals surface area contributed by atoms with Gasteiger partial charge >= 0.3 is 0 Å². The quantitative estimate of drug-likeness (QED) is 0.737. The Balaban J connectivity index is 2.58. The molecule has 17 heavy (non-hydrogen) atoms. The van der Waals surface area contributed by atoms with Crippen molar-refractivity contribution in [2.24, 2.45) is 0 Å². The predicted molar refractivity (Wildman–Crippen MR) is 66.3 cm³/mol. The van der Waals surface area contributed by atoms with Crippen LogP contribution in [0.3, 0.4) is 0 Å². The summed E-state index contributed by atoms with van der Waals surface area (Å²) < 4.78 is 0. The highest BCUT2D eigenvalue weighted by atomic mass is 16.3. The Labute approximate surface area is 101 Å². The number of aromatic hydroxyl groups is 2. The lowest BCUT2D eigenvalue weighted by Crippen LogP contribution is -2.27. The number of benzene rings is 1. The molecule has 0 radical (unpaired) electrons. The molecule has 1 aromatic carbocycles. The molecule has 1 aromatic rings. The number of phenolic OH excluding ortho intramolecular Hbond substituents is 2. The SMILES string of the molecule is CCCN(C)CC(=O)Cc1cc(O)ccc1O. The second kappa shape index (κ2) is 6.25. The molecule has 2 N–H and O–H groups in total. The van der Waals surface area contributed by atoms with E-state index in [0.717, 1.165) is 13.0 Å². The van der Waals surface area contributed by atoms with E-state index in [2.05, 4.69) is 6.92 Å². The average molecular weight is 237 g/mol. The predicted octanol–water partition coefficient (Wildman–Crippen LogP) is 1.55. The van der Waals surface area contributed by atoms with Crippen LogP contribution in [0.4, 0.5) is 0 Å². The van der Waals surface area contributed by atoms with Gasteiger partial charge in [0.2, 0.25) is 0 Å². The fraction of sp³-hybridized carbons (Fsp3) is 0.462. The zero-order chi connectivity index (χ0) is 12.8. The highest BCUT2D eigenvalue weighted by molar-refractivity contribution is 5.83. The molecule has 94 valence electrons. The summed E-state index contributed by atoms with van der Waals surface area (Å²) in [6.45, 7) is 3.29. The third kappa shape index (κ3) is 4.44. The van der Waals surface area contributed by atoms with Crippen LogP contribution in [-0.2, 0) is 11.2 Å². The van der Waals surface area contributed by atoms with Gasteiger partial charge in [0.05, 0.1) is 6.54 Å². The standard InChI is InChI=1S/C13H19NO3/c1-3-6-14(2)9-12(16)8-10-7-11(15)4-5-13(10)17/h4-5,7,15,17H,3,6,8-9H2,1-2H3. The molecule has 0 aliphatic carbocycles. The van der Waals surface area contributed by atoms with E-state index in [9.17, 15) is 15.0 Å². The lowest BCUT2D eigenvalue weighted by molar-refractivity contribution is -0.119. The van der Waals surface area contributed by atoms with Crippen LogP contribution in [0.15, 0.2) is 18.2 Å². The molecule has 0 fully saturated rings. The Morgan fingerprint density at radius 2 is 2.06 bits per heavy atom. The van der Waals surface area contributed by atoms with Gasteiger partial charge in [0.25, 0.3) is 0 Å². The maximum atomic E-state index is 11.7. The maximum Gasteiger partial charge on any atom is 0.151 e. The third-order valence-electron chi connectivity index (χ3n) is 2.50. The Bertz CT molecular complexity index is 390. The monoisotopic (exact) mass is 237 g/mol. The van der Waals surface area contributed by atoms with E-state index in [-0.39, 0.29) is 23.7 Å². The van der Waals surface area contributed by atoms with Crippen molar-refractivity contribution in [3.05, 3.63) is 23.8 Å². The highest BCUT2D eigenvalue weighted by Crippen LogP contribution is 2.22. The van der Waals surface area contributed by atoms with Gasteiger partial charge in [0.1, 0.15) is 11.5 Å². The number of carbonyl (C=O) groups is 1. The zero-order valence-electron chi connectivity index (χ0n) is 10.3. The van der Waals surface area contributed by atoms with Gasteiger partial charge in [0.15, 0.2) is 5.78 Å².